The van der Waals surface area contributed by atoms with Gasteiger partial charge in [0.25, 0.3) is 0 Å². The van der Waals surface area contributed by atoms with Gasteiger partial charge in [-0.15, -0.1) is 0 Å². The minimum atomic E-state index is -4.55. The minimum absolute atomic E-state index is 0. The molecule has 0 amide bonds. The number of hydrogen-bond acceptors (Lipinski definition) is 10. The summed E-state index contributed by atoms with van der Waals surface area (Å²) >= 11 is 0. The van der Waals surface area contributed by atoms with Crippen LogP contribution >= 0.6 is 0 Å². The zero-order chi connectivity index (χ0) is 27.6. The molecule has 192 valence electrons. The molecule has 0 unspecified atom stereocenters. The summed E-state index contributed by atoms with van der Waals surface area (Å²) in [5.41, 5.74) is -1.02. The molecule has 0 saturated heterocycles. The number of fused-ring (bicyclic) bond motifs is 3. The summed E-state index contributed by atoms with van der Waals surface area (Å²) < 4.78 is 29.5. The molecule has 5 N–H and O–H groups in total. The van der Waals surface area contributed by atoms with Gasteiger partial charge in [0.05, 0.1) is 37.6 Å². The first-order valence-corrected chi connectivity index (χ1v) is 12.9. The molecule has 12 heteroatoms. The van der Waals surface area contributed by atoms with E-state index in [1.165, 1.54) is 42.5 Å². The van der Waals surface area contributed by atoms with Gasteiger partial charge in [-0.05, 0) is 24.3 Å². The third-order valence-electron chi connectivity index (χ3n) is 6.75. The average molecular weight is 563 g/mol. The number of benzene rings is 4. The normalized spacial score (nSPS) is 12.4. The Kier molecular flexibility index (Phi) is 6.83. The summed E-state index contributed by atoms with van der Waals surface area (Å²) in [4.78, 5) is 30.8. The van der Waals surface area contributed by atoms with Crippen molar-refractivity contribution in [3.63, 3.8) is 0 Å². The molecule has 0 spiro atoms. The summed E-state index contributed by atoms with van der Waals surface area (Å²) in [6, 6.07) is 17.6. The molecule has 0 aliphatic heterocycles. The number of phenols is 2. The standard InChI is InChI=1S/C28H17N3O7S.Na/c29-17-9-10-18(22-21(17)25(32)13-5-1-2-6-14(13)26(22)33)31-19-11-12-20(39(36,37)38-30)24-23(19)27(34)15-7-3-4-8-16(15)28(24)35;/h1-12,29,34-35H,30H2;/q;+1. The SMILES string of the molecule is N=c1ccc(=Nc2ccc(S(=O)(=O)ON)c3c(O)c4ccccc4c(O)c23)c2c(=O)c3ccccc3c(=O)c1=2.[Na+]. The monoisotopic (exact) mass is 562 g/mol. The first kappa shape index (κ1) is 27.6. The van der Waals surface area contributed by atoms with Gasteiger partial charge in [-0.25, -0.2) is 4.99 Å². The Morgan fingerprint density at radius 2 is 1.25 bits per heavy atom. The second-order valence-corrected chi connectivity index (χ2v) is 10.4. The van der Waals surface area contributed by atoms with Crippen LogP contribution in [0.15, 0.2) is 92.3 Å². The van der Waals surface area contributed by atoms with Gasteiger partial charge in [0.15, 0.2) is 10.9 Å². The molecule has 0 radical (unpaired) electrons. The van der Waals surface area contributed by atoms with Gasteiger partial charge in [0.2, 0.25) is 0 Å². The van der Waals surface area contributed by atoms with Crippen LogP contribution in [0.4, 0.5) is 5.69 Å². The van der Waals surface area contributed by atoms with E-state index in [0.717, 1.165) is 6.07 Å². The number of nitrogens with zero attached hydrogens (tertiary/aromatic N) is 1. The molecule has 0 atom stereocenters. The van der Waals surface area contributed by atoms with Crippen LogP contribution < -0.4 is 57.0 Å². The van der Waals surface area contributed by atoms with Crippen LogP contribution in [0.1, 0.15) is 0 Å². The molecular weight excluding hydrogens is 545 g/mol. The third kappa shape index (κ3) is 3.94. The largest absolute Gasteiger partial charge is 1.00 e. The summed E-state index contributed by atoms with van der Waals surface area (Å²) in [6.07, 6.45) is 0. The number of rotatable bonds is 3. The van der Waals surface area contributed by atoms with Gasteiger partial charge in [-0.1, -0.05) is 48.5 Å². The molecular formula is C28H17N3NaO7S+. The number of aromatic hydroxyl groups is 2. The van der Waals surface area contributed by atoms with Crippen molar-refractivity contribution >= 4 is 48.1 Å². The second kappa shape index (κ2) is 9.89. The Morgan fingerprint density at radius 1 is 0.725 bits per heavy atom. The van der Waals surface area contributed by atoms with E-state index in [4.69, 9.17) is 11.3 Å². The van der Waals surface area contributed by atoms with E-state index in [1.807, 2.05) is 0 Å². The van der Waals surface area contributed by atoms with E-state index < -0.39 is 31.6 Å². The molecule has 4 aromatic rings. The predicted octanol–water partition coefficient (Wildman–Crippen LogP) is -0.827. The Morgan fingerprint density at radius 3 is 1.82 bits per heavy atom. The number of nitrogens with two attached hydrogens (primary N) is 1. The average Bonchev–Trinajstić information content (AvgIpc) is 2.95. The Balaban J connectivity index is 0.00000323. The van der Waals surface area contributed by atoms with E-state index in [1.54, 1.807) is 24.3 Å². The van der Waals surface area contributed by atoms with Gasteiger partial charge < -0.3 is 15.6 Å². The number of phenolic OH excluding ortho intramolecular Hbond substituents is 2. The maximum atomic E-state index is 13.5. The fourth-order valence-corrected chi connectivity index (χ4v) is 5.78. The van der Waals surface area contributed by atoms with E-state index in [9.17, 15) is 28.2 Å². The molecule has 6 rings (SSSR count). The molecule has 0 heterocycles. The Labute approximate surface area is 246 Å². The molecule has 40 heavy (non-hydrogen) atoms. The maximum Gasteiger partial charge on any atom is 1.00 e. The van der Waals surface area contributed by atoms with Crippen LogP contribution in [0.25, 0.3) is 32.3 Å². The molecule has 0 bridgehead atoms. The Hall–Kier alpha value is -3.97. The minimum Gasteiger partial charge on any atom is -0.507 e. The van der Waals surface area contributed by atoms with E-state index >= 15 is 0 Å². The van der Waals surface area contributed by atoms with E-state index in [0.29, 0.717) is 0 Å². The van der Waals surface area contributed by atoms with Crippen LogP contribution in [-0.2, 0) is 14.4 Å². The quantitative estimate of drug-likeness (QED) is 0.0934. The molecule has 4 aromatic carbocycles. The second-order valence-electron chi connectivity index (χ2n) is 8.82. The number of hydrogen-bond donors (Lipinski definition) is 4. The Bertz CT molecular complexity index is 2440. The fraction of sp³-hybridized carbons (Fsp3) is 0. The molecule has 10 nitrogen and oxygen atoms in total. The molecule has 0 saturated carbocycles. The molecule has 2 aliphatic rings. The smallest absolute Gasteiger partial charge is 0.507 e. The maximum absolute atomic E-state index is 13.5. The van der Waals surface area contributed by atoms with Crippen molar-refractivity contribution in [3.05, 3.63) is 114 Å². The molecule has 2 aliphatic carbocycles. The number of nitrogens with one attached hydrogen (secondary N) is 1. The van der Waals surface area contributed by atoms with E-state index in [-0.39, 0.29) is 94.5 Å². The van der Waals surface area contributed by atoms with Gasteiger partial charge >= 0.3 is 39.7 Å². The van der Waals surface area contributed by atoms with Crippen molar-refractivity contribution in [2.75, 3.05) is 0 Å². The summed E-state index contributed by atoms with van der Waals surface area (Å²) in [7, 11) is -4.55. The predicted molar refractivity (Wildman–Crippen MR) is 142 cm³/mol. The van der Waals surface area contributed by atoms with Crippen molar-refractivity contribution in [1.29, 1.82) is 5.41 Å². The first-order valence-electron chi connectivity index (χ1n) is 11.5. The van der Waals surface area contributed by atoms with Crippen LogP contribution in [0.2, 0.25) is 0 Å². The van der Waals surface area contributed by atoms with Crippen molar-refractivity contribution < 1.29 is 52.5 Å². The van der Waals surface area contributed by atoms with Gasteiger partial charge in [-0.3, -0.25) is 9.59 Å². The molecule has 0 aromatic heterocycles. The van der Waals surface area contributed by atoms with Crippen LogP contribution in [0.3, 0.4) is 0 Å². The van der Waals surface area contributed by atoms with Crippen molar-refractivity contribution in [1.82, 2.24) is 0 Å². The van der Waals surface area contributed by atoms with Crippen LogP contribution in [-0.4, -0.2) is 18.6 Å². The zero-order valence-electron chi connectivity index (χ0n) is 20.8. The summed E-state index contributed by atoms with van der Waals surface area (Å²) in [5, 5.41) is 30.7. The van der Waals surface area contributed by atoms with Crippen molar-refractivity contribution in [2.24, 2.45) is 10.9 Å². The summed E-state index contributed by atoms with van der Waals surface area (Å²) in [6.45, 7) is 0. The van der Waals surface area contributed by atoms with Crippen molar-refractivity contribution in [2.45, 2.75) is 4.90 Å². The van der Waals surface area contributed by atoms with Crippen LogP contribution in [0, 0.1) is 15.8 Å². The van der Waals surface area contributed by atoms with Gasteiger partial charge in [0.1, 0.15) is 16.4 Å². The van der Waals surface area contributed by atoms with Crippen LogP contribution in [0.5, 0.6) is 11.5 Å². The fourth-order valence-electron chi connectivity index (χ4n) is 4.99. The third-order valence-corrected chi connectivity index (χ3v) is 7.88. The van der Waals surface area contributed by atoms with E-state index in [2.05, 4.69) is 9.28 Å². The molecule has 0 fully saturated rings. The topological polar surface area (TPSA) is 180 Å². The summed E-state index contributed by atoms with van der Waals surface area (Å²) in [5.74, 6) is 4.16. The van der Waals surface area contributed by atoms with Gasteiger partial charge in [-0.2, -0.15) is 18.6 Å². The van der Waals surface area contributed by atoms with Gasteiger partial charge in [0, 0.05) is 21.5 Å². The first-order chi connectivity index (χ1) is 18.7. The zero-order valence-corrected chi connectivity index (χ0v) is 23.6. The van der Waals surface area contributed by atoms with Crippen molar-refractivity contribution in [3.8, 4) is 11.5 Å².